The van der Waals surface area contributed by atoms with Crippen molar-refractivity contribution in [2.24, 2.45) is 0 Å². The van der Waals surface area contributed by atoms with Gasteiger partial charge in [0, 0.05) is 32.9 Å². The average molecular weight is 823 g/mol. The molecule has 64 heavy (non-hydrogen) atoms. The molecule has 0 saturated carbocycles. The molecule has 2 heterocycles. The van der Waals surface area contributed by atoms with Crippen LogP contribution in [0.5, 0.6) is 0 Å². The van der Waals surface area contributed by atoms with E-state index in [2.05, 4.69) is 155 Å². The first-order valence-electron chi connectivity index (χ1n) is 21.6. The third-order valence-electron chi connectivity index (χ3n) is 13.2. The molecule has 0 spiro atoms. The van der Waals surface area contributed by atoms with Gasteiger partial charge in [-0.1, -0.05) is 140 Å². The van der Waals surface area contributed by atoms with Gasteiger partial charge in [0.05, 0.1) is 22.1 Å². The molecule has 0 N–H and O–H groups in total. The molecule has 2 aromatic heterocycles. The molecule has 300 valence electrons. The standard InChI is InChI=1S/C60H36F2N2/c61-40-26-30-56-54(34-40)47-28-24-38(32-58(47)63(56)42-14-3-1-4-15-42)45-19-10-22-50-52(45)36-53-46(20-11-23-51(53)60(50)49-21-9-13-37-12-7-8-18-44(37)49)39-25-29-48-55-35-41(62)27-31-57(55)64(59(48)33-39)43-16-5-2-6-17-43/h1-36H. The highest BCUT2D eigenvalue weighted by molar-refractivity contribution is 6.22. The molecule has 0 fully saturated rings. The Bertz CT molecular complexity index is 3800. The largest absolute Gasteiger partial charge is 0.309 e. The summed E-state index contributed by atoms with van der Waals surface area (Å²) in [4.78, 5) is 0. The lowest BCUT2D eigenvalue weighted by molar-refractivity contribution is 0.629. The Morgan fingerprint density at radius 1 is 0.266 bits per heavy atom. The topological polar surface area (TPSA) is 9.86 Å². The summed E-state index contributed by atoms with van der Waals surface area (Å²) in [7, 11) is 0. The monoisotopic (exact) mass is 822 g/mol. The fraction of sp³-hybridized carbons (Fsp3) is 0. The Balaban J connectivity index is 1.12. The van der Waals surface area contributed by atoms with Crippen LogP contribution in [0.15, 0.2) is 218 Å². The first-order chi connectivity index (χ1) is 31.6. The predicted molar refractivity (Wildman–Crippen MR) is 264 cm³/mol. The summed E-state index contributed by atoms with van der Waals surface area (Å²) in [5, 5.41) is 10.7. The Hall–Kier alpha value is -8.34. The van der Waals surface area contributed by atoms with Crippen molar-refractivity contribution < 1.29 is 8.78 Å². The number of halogens is 2. The summed E-state index contributed by atoms with van der Waals surface area (Å²) in [6.45, 7) is 0. The lowest BCUT2D eigenvalue weighted by Crippen LogP contribution is -1.94. The summed E-state index contributed by atoms with van der Waals surface area (Å²) in [6.07, 6.45) is 0. The van der Waals surface area contributed by atoms with Gasteiger partial charge in [0.15, 0.2) is 0 Å². The molecule has 13 rings (SSSR count). The summed E-state index contributed by atoms with van der Waals surface area (Å²) < 4.78 is 34.2. The van der Waals surface area contributed by atoms with Gasteiger partial charge in [0.25, 0.3) is 0 Å². The maximum Gasteiger partial charge on any atom is 0.123 e. The number of rotatable bonds is 5. The Morgan fingerprint density at radius 2 is 0.719 bits per heavy atom. The van der Waals surface area contributed by atoms with Gasteiger partial charge in [-0.25, -0.2) is 8.78 Å². The third kappa shape index (κ3) is 5.49. The summed E-state index contributed by atoms with van der Waals surface area (Å²) >= 11 is 0. The van der Waals surface area contributed by atoms with Crippen molar-refractivity contribution in [3.8, 4) is 44.8 Å². The molecule has 0 amide bonds. The lowest BCUT2D eigenvalue weighted by atomic mass is 9.85. The van der Waals surface area contributed by atoms with Gasteiger partial charge in [-0.05, 0) is 145 Å². The smallest absolute Gasteiger partial charge is 0.123 e. The van der Waals surface area contributed by atoms with Crippen LogP contribution in [0.1, 0.15) is 0 Å². The van der Waals surface area contributed by atoms with E-state index in [1.807, 2.05) is 48.5 Å². The SMILES string of the molecule is Fc1ccc2c(c1)c1ccc(-c3cccc4c(-c5cccc6ccccc56)c5cccc(-c6ccc7c8cc(F)ccc8n(-c8ccccc8)c7c6)c5cc34)cc1n2-c1ccccc1. The molecular weight excluding hydrogens is 787 g/mol. The number of para-hydroxylation sites is 2. The van der Waals surface area contributed by atoms with Crippen molar-refractivity contribution in [2.75, 3.05) is 0 Å². The van der Waals surface area contributed by atoms with Gasteiger partial charge in [-0.15, -0.1) is 0 Å². The molecule has 13 aromatic rings. The maximum absolute atomic E-state index is 14.9. The first-order valence-corrected chi connectivity index (χ1v) is 21.6. The van der Waals surface area contributed by atoms with Gasteiger partial charge >= 0.3 is 0 Å². The Labute approximate surface area is 367 Å². The van der Waals surface area contributed by atoms with E-state index in [-0.39, 0.29) is 11.6 Å². The van der Waals surface area contributed by atoms with E-state index in [1.165, 1.54) is 21.9 Å². The van der Waals surface area contributed by atoms with Crippen LogP contribution in [0.3, 0.4) is 0 Å². The van der Waals surface area contributed by atoms with Crippen LogP contribution in [-0.4, -0.2) is 9.13 Å². The van der Waals surface area contributed by atoms with Crippen molar-refractivity contribution in [3.63, 3.8) is 0 Å². The second-order valence-corrected chi connectivity index (χ2v) is 16.7. The second kappa shape index (κ2) is 14.1. The van der Waals surface area contributed by atoms with E-state index >= 15 is 0 Å². The molecular formula is C60H36F2N2. The van der Waals surface area contributed by atoms with Crippen molar-refractivity contribution >= 4 is 75.9 Å². The highest BCUT2D eigenvalue weighted by Crippen LogP contribution is 2.46. The van der Waals surface area contributed by atoms with Crippen LogP contribution in [0.25, 0.3) is 121 Å². The van der Waals surface area contributed by atoms with E-state index in [9.17, 15) is 8.78 Å². The summed E-state index contributed by atoms with van der Waals surface area (Å²) in [5.41, 5.74) is 12.7. The molecule has 0 atom stereocenters. The zero-order valence-corrected chi connectivity index (χ0v) is 34.4. The minimum atomic E-state index is -0.254. The van der Waals surface area contributed by atoms with Gasteiger partial charge < -0.3 is 9.13 Å². The molecule has 0 saturated heterocycles. The van der Waals surface area contributed by atoms with Crippen LogP contribution in [0.2, 0.25) is 0 Å². The van der Waals surface area contributed by atoms with E-state index in [0.717, 1.165) is 98.8 Å². The van der Waals surface area contributed by atoms with Gasteiger partial charge in [-0.2, -0.15) is 0 Å². The van der Waals surface area contributed by atoms with Crippen LogP contribution < -0.4 is 0 Å². The normalized spacial score (nSPS) is 11.9. The molecule has 2 nitrogen and oxygen atoms in total. The first kappa shape index (κ1) is 36.3. The molecule has 0 aliphatic heterocycles. The van der Waals surface area contributed by atoms with Gasteiger partial charge in [-0.3, -0.25) is 0 Å². The molecule has 0 aliphatic rings. The van der Waals surface area contributed by atoms with Crippen molar-refractivity contribution in [2.45, 2.75) is 0 Å². The van der Waals surface area contributed by atoms with Crippen molar-refractivity contribution in [1.29, 1.82) is 0 Å². The minimum absolute atomic E-state index is 0.254. The number of fused-ring (bicyclic) bond motifs is 9. The Morgan fingerprint density at radius 3 is 1.27 bits per heavy atom. The minimum Gasteiger partial charge on any atom is -0.309 e. The molecule has 0 unspecified atom stereocenters. The van der Waals surface area contributed by atoms with E-state index in [4.69, 9.17) is 0 Å². The lowest BCUT2D eigenvalue weighted by Gasteiger charge is -2.19. The number of aromatic nitrogens is 2. The number of hydrogen-bond acceptors (Lipinski definition) is 0. The van der Waals surface area contributed by atoms with Crippen LogP contribution in [0.4, 0.5) is 8.78 Å². The predicted octanol–water partition coefficient (Wildman–Crippen LogP) is 16.6. The zero-order chi connectivity index (χ0) is 42.5. The Kier molecular flexibility index (Phi) is 8.00. The van der Waals surface area contributed by atoms with Crippen molar-refractivity contribution in [1.82, 2.24) is 9.13 Å². The van der Waals surface area contributed by atoms with E-state index in [0.29, 0.717) is 0 Å². The molecule has 0 radical (unpaired) electrons. The van der Waals surface area contributed by atoms with Gasteiger partial charge in [0.2, 0.25) is 0 Å². The zero-order valence-electron chi connectivity index (χ0n) is 34.4. The fourth-order valence-corrected chi connectivity index (χ4v) is 10.4. The maximum atomic E-state index is 14.9. The van der Waals surface area contributed by atoms with Crippen LogP contribution in [-0.2, 0) is 0 Å². The third-order valence-corrected chi connectivity index (χ3v) is 13.2. The van der Waals surface area contributed by atoms with Crippen LogP contribution in [0, 0.1) is 11.6 Å². The number of nitrogens with zero attached hydrogens (tertiary/aromatic N) is 2. The van der Waals surface area contributed by atoms with E-state index in [1.54, 1.807) is 24.3 Å². The average Bonchev–Trinajstić information content (AvgIpc) is 3.84. The molecule has 0 bridgehead atoms. The van der Waals surface area contributed by atoms with E-state index < -0.39 is 0 Å². The summed E-state index contributed by atoms with van der Waals surface area (Å²) in [6, 6.07) is 74.9. The van der Waals surface area contributed by atoms with Gasteiger partial charge in [0.1, 0.15) is 11.6 Å². The number of hydrogen-bond donors (Lipinski definition) is 0. The van der Waals surface area contributed by atoms with Crippen molar-refractivity contribution in [3.05, 3.63) is 230 Å². The fourth-order valence-electron chi connectivity index (χ4n) is 10.4. The molecule has 11 aromatic carbocycles. The second-order valence-electron chi connectivity index (χ2n) is 16.7. The highest BCUT2D eigenvalue weighted by atomic mass is 19.1. The quantitative estimate of drug-likeness (QED) is 0.153. The highest BCUT2D eigenvalue weighted by Gasteiger charge is 2.21. The molecule has 4 heteroatoms. The van der Waals surface area contributed by atoms with Crippen LogP contribution >= 0.6 is 0 Å². The summed E-state index contributed by atoms with van der Waals surface area (Å²) in [5.74, 6) is -0.507. The molecule has 0 aliphatic carbocycles. The number of benzene rings is 11.